The molecule has 1 aliphatic heterocycles. The molecule has 1 fully saturated rings. The fourth-order valence-electron chi connectivity index (χ4n) is 1.78. The lowest BCUT2D eigenvalue weighted by Crippen LogP contribution is -2.37. The van der Waals surface area contributed by atoms with Crippen LogP contribution in [0.15, 0.2) is 17.0 Å². The molecule has 0 radical (unpaired) electrons. The molecule has 1 heterocycles. The predicted octanol–water partition coefficient (Wildman–Crippen LogP) is 0.106. The number of hydrogen-bond acceptors (Lipinski definition) is 7. The van der Waals surface area contributed by atoms with E-state index < -0.39 is 37.6 Å². The molecular weight excluding hydrogens is 304 g/mol. The molecule has 1 aliphatic rings. The van der Waals surface area contributed by atoms with Gasteiger partial charge in [-0.1, -0.05) is 0 Å². The van der Waals surface area contributed by atoms with Crippen molar-refractivity contribution in [1.82, 2.24) is 0 Å². The van der Waals surface area contributed by atoms with E-state index in [1.165, 1.54) is 6.92 Å². The molecule has 2 N–H and O–H groups in total. The number of benzene rings is 1. The monoisotopic (exact) mass is 316 g/mol. The quantitative estimate of drug-likeness (QED) is 0.472. The minimum Gasteiger partial charge on any atom is -0.454 e. The number of esters is 1. The SMILES string of the molecule is Cc1c([N+](=O)[O-])cc(C(=O)OC2COC2)cc1S(N)(=O)=O. The molecule has 1 aromatic rings. The van der Waals surface area contributed by atoms with Crippen molar-refractivity contribution >= 4 is 21.7 Å². The van der Waals surface area contributed by atoms with Crippen molar-refractivity contribution < 1.29 is 27.6 Å². The van der Waals surface area contributed by atoms with Gasteiger partial charge in [0.05, 0.1) is 28.6 Å². The van der Waals surface area contributed by atoms with E-state index >= 15 is 0 Å². The van der Waals surface area contributed by atoms with Crippen molar-refractivity contribution in [2.75, 3.05) is 13.2 Å². The van der Waals surface area contributed by atoms with Crippen molar-refractivity contribution in [1.29, 1.82) is 0 Å². The zero-order valence-electron chi connectivity index (χ0n) is 10.9. The van der Waals surface area contributed by atoms with Crippen molar-refractivity contribution in [2.45, 2.75) is 17.9 Å². The number of rotatable bonds is 4. The lowest BCUT2D eigenvalue weighted by molar-refractivity contribution is -0.385. The van der Waals surface area contributed by atoms with Crippen molar-refractivity contribution in [3.8, 4) is 0 Å². The van der Waals surface area contributed by atoms with Crippen LogP contribution in [-0.2, 0) is 19.5 Å². The van der Waals surface area contributed by atoms with Gasteiger partial charge < -0.3 is 9.47 Å². The predicted molar refractivity (Wildman–Crippen MR) is 69.2 cm³/mol. The molecule has 0 aromatic heterocycles. The molecule has 1 aromatic carbocycles. The van der Waals surface area contributed by atoms with Crippen LogP contribution in [-0.4, -0.2) is 38.6 Å². The van der Waals surface area contributed by atoms with Gasteiger partial charge in [0.15, 0.2) is 0 Å². The highest BCUT2D eigenvalue weighted by atomic mass is 32.2. The van der Waals surface area contributed by atoms with Gasteiger partial charge in [-0.05, 0) is 13.0 Å². The van der Waals surface area contributed by atoms with Gasteiger partial charge in [-0.2, -0.15) is 0 Å². The second kappa shape index (κ2) is 5.39. The first kappa shape index (κ1) is 15.4. The Morgan fingerprint density at radius 1 is 1.48 bits per heavy atom. The van der Waals surface area contributed by atoms with Crippen LogP contribution in [0.5, 0.6) is 0 Å². The maximum atomic E-state index is 11.9. The summed E-state index contributed by atoms with van der Waals surface area (Å²) in [6.07, 6.45) is -0.434. The van der Waals surface area contributed by atoms with Crippen LogP contribution in [0.1, 0.15) is 15.9 Å². The molecule has 9 nitrogen and oxygen atoms in total. The number of carbonyl (C=O) groups is 1. The molecule has 0 saturated carbocycles. The minimum absolute atomic E-state index is 0.133. The normalized spacial score (nSPS) is 15.3. The maximum Gasteiger partial charge on any atom is 0.338 e. The van der Waals surface area contributed by atoms with Crippen LogP contribution in [0.4, 0.5) is 5.69 Å². The standard InChI is InChI=1S/C11H12N2O7S/c1-6-9(13(15)16)2-7(3-10(6)21(12,17)18)11(14)20-8-4-19-5-8/h2-3,8H,4-5H2,1H3,(H2,12,17,18). The molecule has 1 saturated heterocycles. The summed E-state index contributed by atoms with van der Waals surface area (Å²) < 4.78 is 32.8. The van der Waals surface area contributed by atoms with Crippen molar-refractivity contribution in [3.05, 3.63) is 33.4 Å². The highest BCUT2D eigenvalue weighted by molar-refractivity contribution is 7.89. The zero-order valence-corrected chi connectivity index (χ0v) is 11.8. The van der Waals surface area contributed by atoms with E-state index in [0.717, 1.165) is 12.1 Å². The van der Waals surface area contributed by atoms with Gasteiger partial charge in [-0.25, -0.2) is 18.4 Å². The Kier molecular flexibility index (Phi) is 3.94. The smallest absolute Gasteiger partial charge is 0.338 e. The first-order valence-corrected chi connectivity index (χ1v) is 7.35. The van der Waals surface area contributed by atoms with Gasteiger partial charge in [0.25, 0.3) is 5.69 Å². The Balaban J connectivity index is 2.48. The molecular formula is C11H12N2O7S. The third-order valence-electron chi connectivity index (χ3n) is 2.95. The van der Waals surface area contributed by atoms with Gasteiger partial charge in [-0.15, -0.1) is 0 Å². The highest BCUT2D eigenvalue weighted by Crippen LogP contribution is 2.27. The van der Waals surface area contributed by atoms with Crippen molar-refractivity contribution in [2.24, 2.45) is 5.14 Å². The van der Waals surface area contributed by atoms with Crippen LogP contribution in [0.3, 0.4) is 0 Å². The number of nitro benzene ring substituents is 1. The molecule has 21 heavy (non-hydrogen) atoms. The van der Waals surface area contributed by atoms with Gasteiger partial charge in [0.2, 0.25) is 10.0 Å². The summed E-state index contributed by atoms with van der Waals surface area (Å²) in [5.41, 5.74) is -0.896. The summed E-state index contributed by atoms with van der Waals surface area (Å²) in [6.45, 7) is 1.72. The summed E-state index contributed by atoms with van der Waals surface area (Å²) in [5, 5.41) is 16.0. The Morgan fingerprint density at radius 3 is 2.52 bits per heavy atom. The fraction of sp³-hybridized carbons (Fsp3) is 0.364. The zero-order chi connectivity index (χ0) is 15.8. The number of carbonyl (C=O) groups excluding carboxylic acids is 1. The van der Waals surface area contributed by atoms with E-state index in [4.69, 9.17) is 14.6 Å². The second-order valence-corrected chi connectivity index (χ2v) is 6.02. The number of primary sulfonamides is 1. The number of ether oxygens (including phenoxy) is 2. The molecule has 114 valence electrons. The summed E-state index contributed by atoms with van der Waals surface area (Å²) in [6, 6.07) is 1.94. The molecule has 0 spiro atoms. The third-order valence-corrected chi connectivity index (χ3v) is 3.99. The number of hydrogen-bond donors (Lipinski definition) is 1. The Labute approximate surface area is 119 Å². The van der Waals surface area contributed by atoms with E-state index in [-0.39, 0.29) is 24.3 Å². The third kappa shape index (κ3) is 3.17. The van der Waals surface area contributed by atoms with Crippen LogP contribution in [0.2, 0.25) is 0 Å². The van der Waals surface area contributed by atoms with Crippen LogP contribution in [0.25, 0.3) is 0 Å². The molecule has 0 unspecified atom stereocenters. The topological polar surface area (TPSA) is 139 Å². The van der Waals surface area contributed by atoms with E-state index in [1.807, 2.05) is 0 Å². The average molecular weight is 316 g/mol. The van der Waals surface area contributed by atoms with Gasteiger partial charge in [0, 0.05) is 11.6 Å². The lowest BCUT2D eigenvalue weighted by atomic mass is 10.1. The summed E-state index contributed by atoms with van der Waals surface area (Å²) in [4.78, 5) is 21.6. The number of nitrogens with zero attached hydrogens (tertiary/aromatic N) is 1. The maximum absolute atomic E-state index is 11.9. The molecule has 0 amide bonds. The Morgan fingerprint density at radius 2 is 2.10 bits per heavy atom. The van der Waals surface area contributed by atoms with Gasteiger partial charge in [-0.3, -0.25) is 10.1 Å². The van der Waals surface area contributed by atoms with Crippen LogP contribution in [0, 0.1) is 17.0 Å². The van der Waals surface area contributed by atoms with E-state index in [2.05, 4.69) is 0 Å². The minimum atomic E-state index is -4.20. The Bertz CT molecular complexity index is 710. The van der Waals surface area contributed by atoms with Crippen LogP contribution >= 0.6 is 0 Å². The Hall–Kier alpha value is -2.04. The average Bonchev–Trinajstić information content (AvgIpc) is 2.31. The fourth-order valence-corrected chi connectivity index (χ4v) is 2.60. The van der Waals surface area contributed by atoms with E-state index in [0.29, 0.717) is 0 Å². The summed E-state index contributed by atoms with van der Waals surface area (Å²) in [5.74, 6) is -0.865. The first-order chi connectivity index (χ1) is 9.70. The van der Waals surface area contributed by atoms with E-state index in [1.54, 1.807) is 0 Å². The number of nitrogens with two attached hydrogens (primary N) is 1. The largest absolute Gasteiger partial charge is 0.454 e. The van der Waals surface area contributed by atoms with Crippen LogP contribution < -0.4 is 5.14 Å². The second-order valence-electron chi connectivity index (χ2n) is 4.49. The lowest BCUT2D eigenvalue weighted by Gasteiger charge is -2.25. The van der Waals surface area contributed by atoms with Crippen molar-refractivity contribution in [3.63, 3.8) is 0 Å². The molecule has 10 heteroatoms. The summed E-state index contributed by atoms with van der Waals surface area (Å²) in [7, 11) is -4.20. The highest BCUT2D eigenvalue weighted by Gasteiger charge is 2.28. The van der Waals surface area contributed by atoms with Gasteiger partial charge >= 0.3 is 5.97 Å². The summed E-state index contributed by atoms with van der Waals surface area (Å²) >= 11 is 0. The molecule has 0 aliphatic carbocycles. The molecule has 0 bridgehead atoms. The van der Waals surface area contributed by atoms with Gasteiger partial charge in [0.1, 0.15) is 6.10 Å². The first-order valence-electron chi connectivity index (χ1n) is 5.80. The number of sulfonamides is 1. The number of nitro groups is 1. The molecule has 0 atom stereocenters. The van der Waals surface area contributed by atoms with E-state index in [9.17, 15) is 23.3 Å². The molecule has 2 rings (SSSR count).